The van der Waals surface area contributed by atoms with E-state index in [1.807, 2.05) is 42.5 Å². The van der Waals surface area contributed by atoms with Gasteiger partial charge in [-0.05, 0) is 55.6 Å². The molecule has 4 heteroatoms. The lowest BCUT2D eigenvalue weighted by molar-refractivity contribution is 0.157. The molecule has 3 aromatic carbocycles. The molecule has 0 spiro atoms. The molecule has 1 unspecified atom stereocenters. The summed E-state index contributed by atoms with van der Waals surface area (Å²) in [6.45, 7) is 4.41. The Morgan fingerprint density at radius 2 is 1.52 bits per heavy atom. The van der Waals surface area contributed by atoms with Gasteiger partial charge in [-0.1, -0.05) is 79.2 Å². The molecule has 5 rings (SSSR count). The first-order valence-electron chi connectivity index (χ1n) is 11.0. The number of aromatic nitrogens is 1. The maximum atomic E-state index is 11.3. The first-order valence-corrected chi connectivity index (χ1v) is 11.4. The van der Waals surface area contributed by atoms with Gasteiger partial charge in [0.2, 0.25) is 0 Å². The molecule has 0 aliphatic carbocycles. The second kappa shape index (κ2) is 8.41. The summed E-state index contributed by atoms with van der Waals surface area (Å²) in [5, 5.41) is 13.1. The molecule has 31 heavy (non-hydrogen) atoms. The molecule has 1 N–H and O–H groups in total. The number of nitrogens with zero attached hydrogens (tertiary/aromatic N) is 2. The number of halogens is 1. The molecule has 2 heterocycles. The average Bonchev–Trinajstić information content (AvgIpc) is 3.09. The molecule has 0 radical (unpaired) electrons. The highest BCUT2D eigenvalue weighted by Gasteiger charge is 2.32. The Morgan fingerprint density at radius 1 is 0.871 bits per heavy atom. The van der Waals surface area contributed by atoms with Gasteiger partial charge in [0.1, 0.15) is 0 Å². The van der Waals surface area contributed by atoms with Gasteiger partial charge in [0.05, 0.1) is 17.3 Å². The third-order valence-electron chi connectivity index (χ3n) is 6.58. The molecule has 0 amide bonds. The van der Waals surface area contributed by atoms with E-state index in [4.69, 9.17) is 11.6 Å². The van der Waals surface area contributed by atoms with Crippen LogP contribution in [0.5, 0.6) is 0 Å². The van der Waals surface area contributed by atoms with Gasteiger partial charge in [-0.3, -0.25) is 4.90 Å². The fraction of sp³-hybridized carbons (Fsp3) is 0.259. The lowest BCUT2D eigenvalue weighted by atomic mass is 9.89. The van der Waals surface area contributed by atoms with E-state index in [0.717, 1.165) is 51.8 Å². The van der Waals surface area contributed by atoms with Gasteiger partial charge in [-0.2, -0.15) is 4.73 Å². The molecule has 1 aliphatic heterocycles. The van der Waals surface area contributed by atoms with Gasteiger partial charge in [0, 0.05) is 21.5 Å². The Kier molecular flexibility index (Phi) is 5.47. The SMILES string of the molecule is CC1CCN(C(c2ccc(Cl)cc2)c2c(-c3ccccc3)n(O)c3ccccc23)CC1. The van der Waals surface area contributed by atoms with Crippen LogP contribution in [0.2, 0.25) is 5.02 Å². The van der Waals surface area contributed by atoms with E-state index < -0.39 is 0 Å². The van der Waals surface area contributed by atoms with Crippen molar-refractivity contribution >= 4 is 22.5 Å². The van der Waals surface area contributed by atoms with Crippen LogP contribution in [0, 0.1) is 5.92 Å². The summed E-state index contributed by atoms with van der Waals surface area (Å²) in [4.78, 5) is 2.57. The van der Waals surface area contributed by atoms with Crippen molar-refractivity contribution in [3.05, 3.63) is 95.0 Å². The first-order chi connectivity index (χ1) is 15.1. The normalized spacial score (nSPS) is 16.6. The van der Waals surface area contributed by atoms with Gasteiger partial charge < -0.3 is 5.21 Å². The second-order valence-electron chi connectivity index (χ2n) is 8.63. The van der Waals surface area contributed by atoms with Gasteiger partial charge in [-0.15, -0.1) is 0 Å². The molecule has 1 fully saturated rings. The van der Waals surface area contributed by atoms with E-state index in [2.05, 4.69) is 48.2 Å². The lowest BCUT2D eigenvalue weighted by Gasteiger charge is -2.37. The van der Waals surface area contributed by atoms with E-state index >= 15 is 0 Å². The largest absolute Gasteiger partial charge is 0.428 e. The Bertz CT molecular complexity index is 1180. The lowest BCUT2D eigenvalue weighted by Crippen LogP contribution is -2.37. The van der Waals surface area contributed by atoms with E-state index in [-0.39, 0.29) is 6.04 Å². The zero-order chi connectivity index (χ0) is 21.4. The van der Waals surface area contributed by atoms with Crippen LogP contribution in [0.15, 0.2) is 78.9 Å². The fourth-order valence-corrected chi connectivity index (χ4v) is 5.02. The Morgan fingerprint density at radius 3 is 2.23 bits per heavy atom. The van der Waals surface area contributed by atoms with Crippen molar-refractivity contribution in [2.45, 2.75) is 25.8 Å². The Balaban J connectivity index is 1.77. The highest BCUT2D eigenvalue weighted by Crippen LogP contribution is 2.43. The monoisotopic (exact) mass is 430 g/mol. The first kappa shape index (κ1) is 20.2. The van der Waals surface area contributed by atoms with Crippen molar-refractivity contribution in [2.75, 3.05) is 13.1 Å². The molecular formula is C27H27ClN2O. The molecule has 1 atom stereocenters. The van der Waals surface area contributed by atoms with Crippen molar-refractivity contribution in [3.63, 3.8) is 0 Å². The number of piperidine rings is 1. The summed E-state index contributed by atoms with van der Waals surface area (Å²) < 4.78 is 1.37. The molecule has 4 aromatic rings. The molecule has 1 saturated heterocycles. The maximum Gasteiger partial charge on any atom is 0.0930 e. The van der Waals surface area contributed by atoms with E-state index in [0.29, 0.717) is 0 Å². The molecule has 0 bridgehead atoms. The summed E-state index contributed by atoms with van der Waals surface area (Å²) in [6.07, 6.45) is 2.37. The van der Waals surface area contributed by atoms with Crippen molar-refractivity contribution in [3.8, 4) is 11.3 Å². The third-order valence-corrected chi connectivity index (χ3v) is 6.83. The number of fused-ring (bicyclic) bond motifs is 1. The van der Waals surface area contributed by atoms with Crippen molar-refractivity contribution in [1.82, 2.24) is 9.63 Å². The van der Waals surface area contributed by atoms with Crippen molar-refractivity contribution < 1.29 is 5.21 Å². The summed E-state index contributed by atoms with van der Waals surface area (Å²) in [5.74, 6) is 0.745. The van der Waals surface area contributed by atoms with Gasteiger partial charge >= 0.3 is 0 Å². The van der Waals surface area contributed by atoms with E-state index in [1.165, 1.54) is 23.1 Å². The average molecular weight is 431 g/mol. The van der Waals surface area contributed by atoms with Gasteiger partial charge in [0.15, 0.2) is 0 Å². The maximum absolute atomic E-state index is 11.3. The van der Waals surface area contributed by atoms with Crippen molar-refractivity contribution in [1.29, 1.82) is 0 Å². The topological polar surface area (TPSA) is 28.4 Å². The summed E-state index contributed by atoms with van der Waals surface area (Å²) in [5.41, 5.74) is 5.07. The quantitative estimate of drug-likeness (QED) is 0.352. The van der Waals surface area contributed by atoms with Gasteiger partial charge in [0.25, 0.3) is 0 Å². The van der Waals surface area contributed by atoms with Crippen LogP contribution < -0.4 is 0 Å². The van der Waals surface area contributed by atoms with Crippen LogP contribution in [-0.4, -0.2) is 27.9 Å². The zero-order valence-electron chi connectivity index (χ0n) is 17.7. The van der Waals surface area contributed by atoms with Crippen LogP contribution in [0.1, 0.15) is 36.9 Å². The number of benzene rings is 3. The molecule has 0 saturated carbocycles. The standard InChI is InChI=1S/C27H27ClN2O/c1-19-15-17-29(18-16-19)26(21-11-13-22(28)14-12-21)25-23-9-5-6-10-24(23)30(31)27(25)20-7-3-2-4-8-20/h2-14,19,26,31H,15-18H2,1H3. The van der Waals surface area contributed by atoms with E-state index in [1.54, 1.807) is 0 Å². The highest BCUT2D eigenvalue weighted by atomic mass is 35.5. The van der Waals surface area contributed by atoms with Crippen molar-refractivity contribution in [2.24, 2.45) is 5.92 Å². The number of para-hydroxylation sites is 1. The molecule has 158 valence electrons. The Hall–Kier alpha value is -2.75. The van der Waals surface area contributed by atoms with Crippen LogP contribution in [-0.2, 0) is 0 Å². The Labute approximate surface area is 188 Å². The predicted molar refractivity (Wildman–Crippen MR) is 128 cm³/mol. The van der Waals surface area contributed by atoms with Crippen LogP contribution >= 0.6 is 11.6 Å². The number of hydrogen-bond acceptors (Lipinski definition) is 2. The molecule has 3 nitrogen and oxygen atoms in total. The summed E-state index contributed by atoms with van der Waals surface area (Å²) in [6, 6.07) is 26.6. The molecule has 1 aliphatic rings. The van der Waals surface area contributed by atoms with Crippen LogP contribution in [0.25, 0.3) is 22.2 Å². The van der Waals surface area contributed by atoms with Crippen LogP contribution in [0.4, 0.5) is 0 Å². The summed E-state index contributed by atoms with van der Waals surface area (Å²) >= 11 is 6.24. The minimum Gasteiger partial charge on any atom is -0.428 e. The van der Waals surface area contributed by atoms with E-state index in [9.17, 15) is 5.21 Å². The third kappa shape index (κ3) is 3.73. The fourth-order valence-electron chi connectivity index (χ4n) is 4.89. The predicted octanol–water partition coefficient (Wildman–Crippen LogP) is 7.02. The zero-order valence-corrected chi connectivity index (χ0v) is 18.5. The number of likely N-dealkylation sites (tertiary alicyclic amines) is 1. The van der Waals surface area contributed by atoms with Gasteiger partial charge in [-0.25, -0.2) is 0 Å². The second-order valence-corrected chi connectivity index (χ2v) is 9.07. The number of rotatable bonds is 4. The minimum absolute atomic E-state index is 0.0401. The molecular weight excluding hydrogens is 404 g/mol. The molecule has 1 aromatic heterocycles. The van der Waals surface area contributed by atoms with Crippen LogP contribution in [0.3, 0.4) is 0 Å². The highest BCUT2D eigenvalue weighted by molar-refractivity contribution is 6.30. The smallest absolute Gasteiger partial charge is 0.0930 e. The minimum atomic E-state index is 0.0401. The number of hydrogen-bond donors (Lipinski definition) is 1. The summed E-state index contributed by atoms with van der Waals surface area (Å²) in [7, 11) is 0.